The number of nitrogens with zero attached hydrogens (tertiary/aromatic N) is 3. The maximum Gasteiger partial charge on any atom is 0.349 e. The molecule has 0 unspecified atom stereocenters. The van der Waals surface area contributed by atoms with E-state index < -0.39 is 5.82 Å². The third-order valence-electron chi connectivity index (χ3n) is 2.99. The molecule has 2 aromatic heterocycles. The Morgan fingerprint density at radius 3 is 2.95 bits per heavy atom. The van der Waals surface area contributed by atoms with Gasteiger partial charge in [0.2, 0.25) is 5.88 Å². The van der Waals surface area contributed by atoms with Crippen LogP contribution in [-0.4, -0.2) is 19.6 Å². The lowest BCUT2D eigenvalue weighted by molar-refractivity contribution is 0.425. The van der Waals surface area contributed by atoms with Crippen molar-refractivity contribution in [2.24, 2.45) is 5.73 Å². The van der Waals surface area contributed by atoms with Gasteiger partial charge in [0.05, 0.1) is 0 Å². The average Bonchev–Trinajstić information content (AvgIpc) is 2.83. The van der Waals surface area contributed by atoms with E-state index in [-0.39, 0.29) is 23.9 Å². The summed E-state index contributed by atoms with van der Waals surface area (Å²) in [6.07, 6.45) is 0. The average molecular weight is 289 g/mol. The third-order valence-corrected chi connectivity index (χ3v) is 2.99. The Morgan fingerprint density at radius 2 is 2.24 bits per heavy atom. The SMILES string of the molecule is Cc1nc(Oc2ccc(CN)cc2F)cc2n[nH]c(=O)n12. The number of ether oxygens (including phenoxy) is 1. The van der Waals surface area contributed by atoms with Gasteiger partial charge in [0, 0.05) is 12.6 Å². The van der Waals surface area contributed by atoms with Crippen LogP contribution in [0.2, 0.25) is 0 Å². The first kappa shape index (κ1) is 13.3. The van der Waals surface area contributed by atoms with Crippen molar-refractivity contribution >= 4 is 5.65 Å². The van der Waals surface area contributed by atoms with Crippen LogP contribution in [0.25, 0.3) is 5.65 Å². The molecule has 3 aromatic rings. The Bertz CT molecular complexity index is 871. The first-order chi connectivity index (χ1) is 10.1. The number of rotatable bonds is 3. The minimum absolute atomic E-state index is 0.0290. The Kier molecular flexibility index (Phi) is 3.15. The maximum atomic E-state index is 13.9. The number of aromatic nitrogens is 4. The zero-order valence-electron chi connectivity index (χ0n) is 11.1. The summed E-state index contributed by atoms with van der Waals surface area (Å²) in [5, 5.41) is 6.14. The summed E-state index contributed by atoms with van der Waals surface area (Å²) in [7, 11) is 0. The monoisotopic (exact) mass is 289 g/mol. The lowest BCUT2D eigenvalue weighted by atomic mass is 10.2. The first-order valence-electron chi connectivity index (χ1n) is 6.19. The molecule has 21 heavy (non-hydrogen) atoms. The molecule has 0 saturated heterocycles. The number of hydrogen-bond donors (Lipinski definition) is 2. The van der Waals surface area contributed by atoms with E-state index in [2.05, 4.69) is 15.2 Å². The van der Waals surface area contributed by atoms with Crippen molar-refractivity contribution in [1.29, 1.82) is 0 Å². The molecule has 3 rings (SSSR count). The second-order valence-electron chi connectivity index (χ2n) is 4.43. The highest BCUT2D eigenvalue weighted by Crippen LogP contribution is 2.24. The first-order valence-corrected chi connectivity index (χ1v) is 6.19. The van der Waals surface area contributed by atoms with Gasteiger partial charge in [-0.2, -0.15) is 10.1 Å². The lowest BCUT2D eigenvalue weighted by Gasteiger charge is -2.08. The number of hydrogen-bond acceptors (Lipinski definition) is 5. The Hall–Kier alpha value is -2.74. The number of aromatic amines is 1. The minimum Gasteiger partial charge on any atom is -0.436 e. The molecule has 7 nitrogen and oxygen atoms in total. The largest absolute Gasteiger partial charge is 0.436 e. The van der Waals surface area contributed by atoms with E-state index in [4.69, 9.17) is 10.5 Å². The van der Waals surface area contributed by atoms with Crippen molar-refractivity contribution in [3.05, 3.63) is 52.0 Å². The molecular weight excluding hydrogens is 277 g/mol. The summed E-state index contributed by atoms with van der Waals surface area (Å²) >= 11 is 0. The van der Waals surface area contributed by atoms with E-state index in [0.29, 0.717) is 17.0 Å². The van der Waals surface area contributed by atoms with Gasteiger partial charge in [0.25, 0.3) is 0 Å². The number of halogens is 1. The Morgan fingerprint density at radius 1 is 1.43 bits per heavy atom. The number of nitrogens with two attached hydrogens (primary N) is 1. The van der Waals surface area contributed by atoms with Gasteiger partial charge in [-0.3, -0.25) is 0 Å². The fourth-order valence-electron chi connectivity index (χ4n) is 1.99. The molecule has 0 saturated carbocycles. The molecule has 0 amide bonds. The van der Waals surface area contributed by atoms with Crippen LogP contribution in [0.5, 0.6) is 11.6 Å². The van der Waals surface area contributed by atoms with Crippen LogP contribution in [0.1, 0.15) is 11.4 Å². The summed E-state index contributed by atoms with van der Waals surface area (Å²) in [4.78, 5) is 15.6. The van der Waals surface area contributed by atoms with Crippen LogP contribution in [0.3, 0.4) is 0 Å². The van der Waals surface area contributed by atoms with Crippen LogP contribution in [0.4, 0.5) is 4.39 Å². The van der Waals surface area contributed by atoms with E-state index >= 15 is 0 Å². The van der Waals surface area contributed by atoms with Crippen LogP contribution in [0, 0.1) is 12.7 Å². The van der Waals surface area contributed by atoms with Crippen LogP contribution in [-0.2, 0) is 6.54 Å². The summed E-state index contributed by atoms with van der Waals surface area (Å²) < 4.78 is 20.6. The van der Waals surface area contributed by atoms with E-state index in [1.54, 1.807) is 13.0 Å². The number of H-pyrrole nitrogens is 1. The normalized spacial score (nSPS) is 11.0. The molecule has 0 fully saturated rings. The van der Waals surface area contributed by atoms with Crippen LogP contribution >= 0.6 is 0 Å². The summed E-state index contributed by atoms with van der Waals surface area (Å²) in [5.74, 6) is 0.0386. The summed E-state index contributed by atoms with van der Waals surface area (Å²) in [6, 6.07) is 5.90. The van der Waals surface area contributed by atoms with E-state index in [0.717, 1.165) is 0 Å². The third kappa shape index (κ3) is 2.36. The Labute approximate surface area is 118 Å². The van der Waals surface area contributed by atoms with Gasteiger partial charge in [-0.05, 0) is 24.6 Å². The number of fused-ring (bicyclic) bond motifs is 1. The van der Waals surface area contributed by atoms with Gasteiger partial charge >= 0.3 is 5.69 Å². The van der Waals surface area contributed by atoms with Gasteiger partial charge < -0.3 is 10.5 Å². The van der Waals surface area contributed by atoms with Crippen LogP contribution < -0.4 is 16.2 Å². The van der Waals surface area contributed by atoms with Crippen molar-refractivity contribution in [3.63, 3.8) is 0 Å². The van der Waals surface area contributed by atoms with Gasteiger partial charge in [-0.1, -0.05) is 6.07 Å². The zero-order chi connectivity index (χ0) is 15.0. The van der Waals surface area contributed by atoms with E-state index in [9.17, 15) is 9.18 Å². The fourth-order valence-corrected chi connectivity index (χ4v) is 1.99. The highest BCUT2D eigenvalue weighted by Gasteiger charge is 2.11. The van der Waals surface area contributed by atoms with Crippen molar-refractivity contribution in [1.82, 2.24) is 19.6 Å². The second-order valence-corrected chi connectivity index (χ2v) is 4.43. The molecule has 0 atom stereocenters. The predicted molar refractivity (Wildman–Crippen MR) is 72.7 cm³/mol. The van der Waals surface area contributed by atoms with Gasteiger partial charge in [-0.25, -0.2) is 18.7 Å². The quantitative estimate of drug-likeness (QED) is 0.752. The highest BCUT2D eigenvalue weighted by atomic mass is 19.1. The molecule has 1 aromatic carbocycles. The molecule has 3 N–H and O–H groups in total. The minimum atomic E-state index is -0.531. The Balaban J connectivity index is 2.00. The summed E-state index contributed by atoms with van der Waals surface area (Å²) in [5.41, 5.74) is 6.07. The standard InChI is InChI=1S/C13H12FN5O2/c1-7-16-12(5-11-17-18-13(20)19(7)11)21-10-3-2-8(6-15)4-9(10)14/h2-5H,6,15H2,1H3,(H,18,20). The van der Waals surface area contributed by atoms with Crippen molar-refractivity contribution in [2.75, 3.05) is 0 Å². The van der Waals surface area contributed by atoms with Crippen LogP contribution in [0.15, 0.2) is 29.1 Å². The number of benzene rings is 1. The van der Waals surface area contributed by atoms with E-state index in [1.807, 2.05) is 0 Å². The molecule has 2 heterocycles. The molecule has 0 spiro atoms. The molecule has 0 aliphatic carbocycles. The second kappa shape index (κ2) is 4.98. The molecular formula is C13H12FN5O2. The number of aryl methyl sites for hydroxylation is 1. The molecule has 0 aliphatic rings. The fraction of sp³-hybridized carbons (Fsp3) is 0.154. The van der Waals surface area contributed by atoms with Gasteiger partial charge in [-0.15, -0.1) is 0 Å². The van der Waals surface area contributed by atoms with Gasteiger partial charge in [0.15, 0.2) is 17.2 Å². The summed E-state index contributed by atoms with van der Waals surface area (Å²) in [6.45, 7) is 1.88. The zero-order valence-corrected chi connectivity index (χ0v) is 11.1. The lowest BCUT2D eigenvalue weighted by Crippen LogP contribution is -2.13. The van der Waals surface area contributed by atoms with E-state index in [1.165, 1.54) is 22.6 Å². The van der Waals surface area contributed by atoms with Crippen molar-refractivity contribution in [2.45, 2.75) is 13.5 Å². The molecule has 8 heteroatoms. The molecule has 0 radical (unpaired) electrons. The molecule has 0 aliphatic heterocycles. The number of nitrogens with one attached hydrogen (secondary N) is 1. The maximum absolute atomic E-state index is 13.9. The van der Waals surface area contributed by atoms with Crippen molar-refractivity contribution < 1.29 is 9.13 Å². The highest BCUT2D eigenvalue weighted by molar-refractivity contribution is 5.42. The van der Waals surface area contributed by atoms with Gasteiger partial charge in [0.1, 0.15) is 5.82 Å². The van der Waals surface area contributed by atoms with Crippen molar-refractivity contribution in [3.8, 4) is 11.6 Å². The molecule has 0 bridgehead atoms. The smallest absolute Gasteiger partial charge is 0.349 e. The predicted octanol–water partition coefficient (Wildman–Crippen LogP) is 1.12. The molecule has 108 valence electrons. The topological polar surface area (TPSA) is 98.3 Å².